The maximum Gasteiger partial charge on any atom is 0.123 e. The van der Waals surface area contributed by atoms with Crippen molar-refractivity contribution in [3.8, 4) is 0 Å². The first-order chi connectivity index (χ1) is 9.22. The molecular weight excluding hydrogens is 239 g/mol. The number of nitrogens with one attached hydrogen (secondary N) is 1. The summed E-state index contributed by atoms with van der Waals surface area (Å²) >= 11 is 0. The lowest BCUT2D eigenvalue weighted by molar-refractivity contribution is 0.327. The zero-order chi connectivity index (χ0) is 13.7. The summed E-state index contributed by atoms with van der Waals surface area (Å²) in [5.74, 6) is 0.571. The Morgan fingerprint density at radius 2 is 1.95 bits per heavy atom. The average Bonchev–Trinajstić information content (AvgIpc) is 2.45. The molecule has 0 aliphatic carbocycles. The molecule has 1 aliphatic heterocycles. The molecule has 19 heavy (non-hydrogen) atoms. The second-order valence-corrected chi connectivity index (χ2v) is 5.54. The average molecular weight is 264 g/mol. The summed E-state index contributed by atoms with van der Waals surface area (Å²) < 4.78 is 13.0. The molecule has 1 fully saturated rings. The number of hydrogen-bond donors (Lipinski definition) is 1. The Morgan fingerprint density at radius 3 is 2.58 bits per heavy atom. The van der Waals surface area contributed by atoms with Gasteiger partial charge in [-0.25, -0.2) is 4.39 Å². The third-order valence-electron chi connectivity index (χ3n) is 3.99. The van der Waals surface area contributed by atoms with E-state index in [9.17, 15) is 4.39 Å². The zero-order valence-electron chi connectivity index (χ0n) is 12.0. The fourth-order valence-corrected chi connectivity index (χ4v) is 2.86. The Hall–Kier alpha value is -1.09. The number of rotatable bonds is 5. The normalized spacial score (nSPS) is 23.6. The van der Waals surface area contributed by atoms with Crippen molar-refractivity contribution in [2.24, 2.45) is 5.92 Å². The second-order valence-electron chi connectivity index (χ2n) is 5.54. The Kier molecular flexibility index (Phi) is 5.20. The van der Waals surface area contributed by atoms with Crippen LogP contribution in [0.3, 0.4) is 0 Å². The highest BCUT2D eigenvalue weighted by molar-refractivity contribution is 5.47. The van der Waals surface area contributed by atoms with Crippen LogP contribution in [0.5, 0.6) is 0 Å². The van der Waals surface area contributed by atoms with Crippen LogP contribution in [-0.4, -0.2) is 25.7 Å². The van der Waals surface area contributed by atoms with Crippen molar-refractivity contribution in [3.05, 3.63) is 30.1 Å². The number of halogens is 1. The van der Waals surface area contributed by atoms with E-state index in [0.29, 0.717) is 6.04 Å². The molecule has 2 unspecified atom stereocenters. The SMILES string of the molecule is CCCNC1CC(CC)CN(c2ccc(F)cc2)C1. The predicted octanol–water partition coefficient (Wildman–Crippen LogP) is 3.43. The van der Waals surface area contributed by atoms with E-state index >= 15 is 0 Å². The van der Waals surface area contributed by atoms with Gasteiger partial charge in [-0.15, -0.1) is 0 Å². The lowest BCUT2D eigenvalue weighted by Crippen LogP contribution is -2.49. The molecule has 0 amide bonds. The van der Waals surface area contributed by atoms with Gasteiger partial charge in [-0.3, -0.25) is 0 Å². The van der Waals surface area contributed by atoms with Gasteiger partial charge in [0.1, 0.15) is 5.82 Å². The Bertz CT molecular complexity index is 377. The summed E-state index contributed by atoms with van der Waals surface area (Å²) in [6.45, 7) is 7.66. The van der Waals surface area contributed by atoms with Gasteiger partial charge in [0.15, 0.2) is 0 Å². The van der Waals surface area contributed by atoms with Crippen LogP contribution < -0.4 is 10.2 Å². The zero-order valence-corrected chi connectivity index (χ0v) is 12.0. The number of nitrogens with zero attached hydrogens (tertiary/aromatic N) is 1. The largest absolute Gasteiger partial charge is 0.370 e. The third-order valence-corrected chi connectivity index (χ3v) is 3.99. The standard InChI is InChI=1S/C16H25FN2/c1-3-9-18-15-10-13(4-2)11-19(12-15)16-7-5-14(17)6-8-16/h5-8,13,15,18H,3-4,9-12H2,1-2H3. The van der Waals surface area contributed by atoms with Crippen molar-refractivity contribution in [3.63, 3.8) is 0 Å². The summed E-state index contributed by atoms with van der Waals surface area (Å²) in [4.78, 5) is 2.39. The molecule has 2 nitrogen and oxygen atoms in total. The summed E-state index contributed by atoms with van der Waals surface area (Å²) in [7, 11) is 0. The quantitative estimate of drug-likeness (QED) is 0.876. The monoisotopic (exact) mass is 264 g/mol. The van der Waals surface area contributed by atoms with Crippen molar-refractivity contribution in [2.75, 3.05) is 24.5 Å². The van der Waals surface area contributed by atoms with Crippen molar-refractivity contribution >= 4 is 5.69 Å². The number of hydrogen-bond acceptors (Lipinski definition) is 2. The van der Waals surface area contributed by atoms with E-state index < -0.39 is 0 Å². The van der Waals surface area contributed by atoms with E-state index in [1.165, 1.54) is 19.3 Å². The summed E-state index contributed by atoms with van der Waals surface area (Å²) in [6, 6.07) is 7.46. The van der Waals surface area contributed by atoms with E-state index in [0.717, 1.165) is 31.2 Å². The first-order valence-electron chi connectivity index (χ1n) is 7.46. The van der Waals surface area contributed by atoms with Gasteiger partial charge in [0.05, 0.1) is 0 Å². The molecule has 0 spiro atoms. The van der Waals surface area contributed by atoms with Gasteiger partial charge in [-0.2, -0.15) is 0 Å². The van der Waals surface area contributed by atoms with Crippen LogP contribution in [0.2, 0.25) is 0 Å². The lowest BCUT2D eigenvalue weighted by Gasteiger charge is -2.39. The highest BCUT2D eigenvalue weighted by atomic mass is 19.1. The fourth-order valence-electron chi connectivity index (χ4n) is 2.86. The van der Waals surface area contributed by atoms with Gasteiger partial charge in [-0.1, -0.05) is 20.3 Å². The molecule has 1 heterocycles. The van der Waals surface area contributed by atoms with Gasteiger partial charge >= 0.3 is 0 Å². The Balaban J connectivity index is 2.04. The van der Waals surface area contributed by atoms with Crippen LogP contribution in [0.1, 0.15) is 33.1 Å². The fraction of sp³-hybridized carbons (Fsp3) is 0.625. The van der Waals surface area contributed by atoms with Crippen molar-refractivity contribution in [1.29, 1.82) is 0 Å². The summed E-state index contributed by atoms with van der Waals surface area (Å²) in [5, 5.41) is 3.63. The molecule has 106 valence electrons. The van der Waals surface area contributed by atoms with Crippen molar-refractivity contribution < 1.29 is 4.39 Å². The molecule has 0 radical (unpaired) electrons. The van der Waals surface area contributed by atoms with Gasteiger partial charge in [-0.05, 0) is 49.6 Å². The van der Waals surface area contributed by atoms with Crippen LogP contribution >= 0.6 is 0 Å². The topological polar surface area (TPSA) is 15.3 Å². The highest BCUT2D eigenvalue weighted by Gasteiger charge is 2.25. The van der Waals surface area contributed by atoms with Crippen LogP contribution in [0.4, 0.5) is 10.1 Å². The molecule has 1 aromatic rings. The molecule has 0 bridgehead atoms. The lowest BCUT2D eigenvalue weighted by atomic mass is 9.91. The molecule has 1 aromatic carbocycles. The molecule has 3 heteroatoms. The maximum atomic E-state index is 13.0. The van der Waals surface area contributed by atoms with Gasteiger partial charge in [0, 0.05) is 24.8 Å². The molecular formula is C16H25FN2. The molecule has 0 aromatic heterocycles. The second kappa shape index (κ2) is 6.90. The molecule has 1 saturated heterocycles. The van der Waals surface area contributed by atoms with Crippen molar-refractivity contribution in [1.82, 2.24) is 5.32 Å². The number of piperidine rings is 1. The van der Waals surface area contributed by atoms with Crippen LogP contribution in [0.25, 0.3) is 0 Å². The summed E-state index contributed by atoms with van der Waals surface area (Å²) in [5.41, 5.74) is 1.14. The van der Waals surface area contributed by atoms with Crippen LogP contribution in [0, 0.1) is 11.7 Å². The third kappa shape index (κ3) is 3.93. The minimum atomic E-state index is -0.159. The minimum Gasteiger partial charge on any atom is -0.370 e. The van der Waals surface area contributed by atoms with Gasteiger partial charge < -0.3 is 10.2 Å². The smallest absolute Gasteiger partial charge is 0.123 e. The first kappa shape index (κ1) is 14.3. The van der Waals surface area contributed by atoms with Crippen LogP contribution in [-0.2, 0) is 0 Å². The number of anilines is 1. The summed E-state index contributed by atoms with van der Waals surface area (Å²) in [6.07, 6.45) is 3.64. The minimum absolute atomic E-state index is 0.159. The molecule has 2 rings (SSSR count). The number of benzene rings is 1. The maximum absolute atomic E-state index is 13.0. The van der Waals surface area contributed by atoms with E-state index in [-0.39, 0.29) is 5.82 Å². The molecule has 0 saturated carbocycles. The van der Waals surface area contributed by atoms with Gasteiger partial charge in [0.2, 0.25) is 0 Å². The van der Waals surface area contributed by atoms with E-state index in [4.69, 9.17) is 0 Å². The van der Waals surface area contributed by atoms with Gasteiger partial charge in [0.25, 0.3) is 0 Å². The predicted molar refractivity (Wildman–Crippen MR) is 79.1 cm³/mol. The van der Waals surface area contributed by atoms with E-state index in [1.807, 2.05) is 12.1 Å². The van der Waals surface area contributed by atoms with Crippen molar-refractivity contribution in [2.45, 2.75) is 39.2 Å². The Labute approximate surface area is 116 Å². The highest BCUT2D eigenvalue weighted by Crippen LogP contribution is 2.25. The molecule has 2 atom stereocenters. The first-order valence-corrected chi connectivity index (χ1v) is 7.46. The van der Waals surface area contributed by atoms with E-state index in [2.05, 4.69) is 24.1 Å². The molecule has 1 aliphatic rings. The molecule has 1 N–H and O–H groups in total. The van der Waals surface area contributed by atoms with Crippen LogP contribution in [0.15, 0.2) is 24.3 Å². The van der Waals surface area contributed by atoms with E-state index in [1.54, 1.807) is 12.1 Å². The Morgan fingerprint density at radius 1 is 1.21 bits per heavy atom.